The summed E-state index contributed by atoms with van der Waals surface area (Å²) in [6.07, 6.45) is 3.29. The highest BCUT2D eigenvalue weighted by Crippen LogP contribution is 2.33. The number of benzene rings is 2. The molecule has 2 aromatic carbocycles. The molecule has 180 valence electrons. The number of para-hydroxylation sites is 2. The average Bonchev–Trinajstić information content (AvgIpc) is 3.39. The zero-order chi connectivity index (χ0) is 24.1. The van der Waals surface area contributed by atoms with Crippen LogP contribution >= 0.6 is 0 Å². The highest BCUT2D eigenvalue weighted by atomic mass is 32.2. The molecule has 0 spiro atoms. The van der Waals surface area contributed by atoms with Crippen LogP contribution in [0.4, 0.5) is 17.1 Å². The number of aromatic nitrogens is 2. The van der Waals surface area contributed by atoms with Crippen molar-refractivity contribution in [2.24, 2.45) is 0 Å². The van der Waals surface area contributed by atoms with Crippen molar-refractivity contribution in [3.05, 3.63) is 60.9 Å². The molecule has 0 bridgehead atoms. The number of hydrogen-bond donors (Lipinski definition) is 2. The minimum atomic E-state index is -4.03. The number of sulfonamides is 1. The number of nitrogens with zero attached hydrogens (tertiary/aromatic N) is 3. The maximum atomic E-state index is 13.5. The third-order valence-electron chi connectivity index (χ3n) is 5.52. The molecule has 1 atom stereocenters. The molecule has 34 heavy (non-hydrogen) atoms. The van der Waals surface area contributed by atoms with Crippen LogP contribution in [-0.4, -0.2) is 57.5 Å². The zero-order valence-corrected chi connectivity index (χ0v) is 19.8. The molecule has 1 fully saturated rings. The Labute approximate surface area is 198 Å². The van der Waals surface area contributed by atoms with Crippen LogP contribution in [0.15, 0.2) is 65.8 Å². The Morgan fingerprint density at radius 1 is 1.15 bits per heavy atom. The first-order chi connectivity index (χ1) is 16.4. The van der Waals surface area contributed by atoms with E-state index in [2.05, 4.69) is 15.1 Å². The van der Waals surface area contributed by atoms with Gasteiger partial charge < -0.3 is 19.7 Å². The predicted octanol–water partition coefficient (Wildman–Crippen LogP) is 2.73. The van der Waals surface area contributed by atoms with Gasteiger partial charge in [-0.15, -0.1) is 0 Å². The highest BCUT2D eigenvalue weighted by Gasteiger charge is 2.26. The van der Waals surface area contributed by atoms with Crippen LogP contribution in [-0.2, 0) is 19.6 Å². The molecule has 0 aliphatic carbocycles. The lowest BCUT2D eigenvalue weighted by atomic mass is 10.2. The number of morpholine rings is 1. The number of rotatable bonds is 8. The van der Waals surface area contributed by atoms with Crippen LogP contribution in [0.1, 0.15) is 13.0 Å². The van der Waals surface area contributed by atoms with Gasteiger partial charge in [0.1, 0.15) is 16.7 Å². The second-order valence-corrected chi connectivity index (χ2v) is 9.39. The molecular formula is C23H27N5O5S. The van der Waals surface area contributed by atoms with Crippen molar-refractivity contribution in [1.82, 2.24) is 9.78 Å². The van der Waals surface area contributed by atoms with Crippen LogP contribution in [0.5, 0.6) is 5.75 Å². The first-order valence-corrected chi connectivity index (χ1v) is 12.3. The van der Waals surface area contributed by atoms with Crippen LogP contribution in [0.25, 0.3) is 0 Å². The number of carbonyl (C=O) groups excluding carboxylic acids is 1. The summed E-state index contributed by atoms with van der Waals surface area (Å²) in [4.78, 5) is 14.8. The van der Waals surface area contributed by atoms with Crippen LogP contribution in [0.2, 0.25) is 0 Å². The minimum Gasteiger partial charge on any atom is -0.495 e. The molecule has 2 N–H and O–H groups in total. The zero-order valence-electron chi connectivity index (χ0n) is 19.0. The van der Waals surface area contributed by atoms with Gasteiger partial charge in [0, 0.05) is 31.2 Å². The lowest BCUT2D eigenvalue weighted by molar-refractivity contribution is -0.119. The molecule has 3 aromatic rings. The quantitative estimate of drug-likeness (QED) is 0.504. The van der Waals surface area contributed by atoms with Crippen molar-refractivity contribution in [3.8, 4) is 5.75 Å². The summed E-state index contributed by atoms with van der Waals surface area (Å²) in [6, 6.07) is 12.8. The first kappa shape index (κ1) is 23.6. The van der Waals surface area contributed by atoms with Gasteiger partial charge in [-0.1, -0.05) is 12.1 Å². The Hall–Kier alpha value is -3.57. The molecule has 0 saturated carbocycles. The Balaban J connectivity index is 1.68. The summed E-state index contributed by atoms with van der Waals surface area (Å²) >= 11 is 0. The third-order valence-corrected chi connectivity index (χ3v) is 6.92. The largest absolute Gasteiger partial charge is 0.495 e. The maximum absolute atomic E-state index is 13.5. The summed E-state index contributed by atoms with van der Waals surface area (Å²) in [7, 11) is -2.55. The van der Waals surface area contributed by atoms with E-state index in [-0.39, 0.29) is 10.8 Å². The van der Waals surface area contributed by atoms with E-state index >= 15 is 0 Å². The Morgan fingerprint density at radius 3 is 2.62 bits per heavy atom. The summed E-state index contributed by atoms with van der Waals surface area (Å²) in [6.45, 7) is 3.82. The smallest absolute Gasteiger partial charge is 0.264 e. The third kappa shape index (κ3) is 5.15. The van der Waals surface area contributed by atoms with E-state index in [1.54, 1.807) is 61.8 Å². The number of amides is 1. The van der Waals surface area contributed by atoms with E-state index in [1.165, 1.54) is 17.9 Å². The van der Waals surface area contributed by atoms with Crippen molar-refractivity contribution in [1.29, 1.82) is 0 Å². The van der Waals surface area contributed by atoms with Crippen molar-refractivity contribution in [2.45, 2.75) is 17.9 Å². The number of methoxy groups -OCH3 is 1. The van der Waals surface area contributed by atoms with Crippen molar-refractivity contribution >= 4 is 33.0 Å². The molecule has 1 saturated heterocycles. The normalized spacial score (nSPS) is 14.9. The predicted molar refractivity (Wildman–Crippen MR) is 129 cm³/mol. The number of ether oxygens (including phenoxy) is 2. The van der Waals surface area contributed by atoms with E-state index in [0.29, 0.717) is 49.1 Å². The molecule has 1 aliphatic rings. The second-order valence-electron chi connectivity index (χ2n) is 7.74. The Morgan fingerprint density at radius 2 is 1.91 bits per heavy atom. The maximum Gasteiger partial charge on any atom is 0.264 e. The lowest BCUT2D eigenvalue weighted by Crippen LogP contribution is -2.37. The molecular weight excluding hydrogens is 458 g/mol. The lowest BCUT2D eigenvalue weighted by Gasteiger charge is -2.30. The van der Waals surface area contributed by atoms with Crippen LogP contribution in [0, 0.1) is 0 Å². The number of nitrogens with one attached hydrogen (secondary N) is 2. The minimum absolute atomic E-state index is 0.0462. The van der Waals surface area contributed by atoms with E-state index in [4.69, 9.17) is 9.47 Å². The molecule has 2 heterocycles. The molecule has 1 aromatic heterocycles. The van der Waals surface area contributed by atoms with Crippen LogP contribution in [0.3, 0.4) is 0 Å². The monoisotopic (exact) mass is 485 g/mol. The average molecular weight is 486 g/mol. The van der Waals surface area contributed by atoms with E-state index in [0.717, 1.165) is 0 Å². The topological polar surface area (TPSA) is 115 Å². The van der Waals surface area contributed by atoms with Crippen molar-refractivity contribution < 1.29 is 22.7 Å². The van der Waals surface area contributed by atoms with E-state index < -0.39 is 16.1 Å². The molecule has 10 nitrogen and oxygen atoms in total. The molecule has 1 unspecified atom stereocenters. The highest BCUT2D eigenvalue weighted by molar-refractivity contribution is 7.93. The number of anilines is 3. The van der Waals surface area contributed by atoms with Gasteiger partial charge in [0.2, 0.25) is 5.91 Å². The van der Waals surface area contributed by atoms with Gasteiger partial charge in [-0.3, -0.25) is 14.2 Å². The molecule has 11 heteroatoms. The Kier molecular flexibility index (Phi) is 7.03. The second kappa shape index (κ2) is 10.1. The summed E-state index contributed by atoms with van der Waals surface area (Å²) in [5, 5.41) is 6.89. The fraction of sp³-hybridized carbons (Fsp3) is 0.304. The van der Waals surface area contributed by atoms with Gasteiger partial charge in [0.15, 0.2) is 0 Å². The van der Waals surface area contributed by atoms with Crippen molar-refractivity contribution in [3.63, 3.8) is 0 Å². The summed E-state index contributed by atoms with van der Waals surface area (Å²) < 4.78 is 41.9. The van der Waals surface area contributed by atoms with Gasteiger partial charge in [-0.2, -0.15) is 5.10 Å². The van der Waals surface area contributed by atoms with E-state index in [9.17, 15) is 13.2 Å². The van der Waals surface area contributed by atoms with Crippen molar-refractivity contribution in [2.75, 3.05) is 48.4 Å². The van der Waals surface area contributed by atoms with Crippen LogP contribution < -0.4 is 19.7 Å². The molecule has 0 radical (unpaired) electrons. The number of hydrogen-bond acceptors (Lipinski definition) is 7. The van der Waals surface area contributed by atoms with Gasteiger partial charge in [-0.05, 0) is 43.3 Å². The van der Waals surface area contributed by atoms with E-state index in [1.807, 2.05) is 4.90 Å². The van der Waals surface area contributed by atoms with Gasteiger partial charge in [0.05, 0.1) is 31.7 Å². The fourth-order valence-corrected chi connectivity index (χ4v) is 5.00. The standard InChI is InChI=1S/C23H27N5O5S/c1-17(28-11-5-10-24-28)23(29)25-18-8-9-20(27-12-14-33-15-13-27)22(16-18)34(30,31)26-19-6-3-4-7-21(19)32-2/h3-11,16-17,26H,12-15H2,1-2H3,(H,25,29). The molecule has 4 rings (SSSR count). The van der Waals surface area contributed by atoms with Gasteiger partial charge in [0.25, 0.3) is 10.0 Å². The number of carbonyl (C=O) groups is 1. The summed E-state index contributed by atoms with van der Waals surface area (Å²) in [5.74, 6) is 0.0837. The molecule has 1 aliphatic heterocycles. The fourth-order valence-electron chi connectivity index (χ4n) is 3.68. The van der Waals surface area contributed by atoms with Gasteiger partial charge >= 0.3 is 0 Å². The first-order valence-electron chi connectivity index (χ1n) is 10.8. The SMILES string of the molecule is COc1ccccc1NS(=O)(=O)c1cc(NC(=O)C(C)n2cccn2)ccc1N1CCOCC1. The Bertz CT molecular complexity index is 1240. The summed E-state index contributed by atoms with van der Waals surface area (Å²) in [5.41, 5.74) is 1.21. The molecule has 1 amide bonds. The van der Waals surface area contributed by atoms with Gasteiger partial charge in [-0.25, -0.2) is 8.42 Å².